The predicted molar refractivity (Wildman–Crippen MR) is 44.1 cm³/mol. The lowest BCUT2D eigenvalue weighted by molar-refractivity contribution is 0.132. The van der Waals surface area contributed by atoms with Gasteiger partial charge in [0.1, 0.15) is 7.11 Å². The van der Waals surface area contributed by atoms with Gasteiger partial charge in [0.15, 0.2) is 5.84 Å². The molecule has 0 aliphatic carbocycles. The molecule has 0 unspecified atom stereocenters. The van der Waals surface area contributed by atoms with Crippen LogP contribution in [0.4, 0.5) is 0 Å². The minimum atomic E-state index is 0.733. The summed E-state index contributed by atoms with van der Waals surface area (Å²) in [5, 5.41) is 3.73. The highest BCUT2D eigenvalue weighted by Gasteiger charge is 1.96. The number of hydrogen-bond donors (Lipinski definition) is 1. The van der Waals surface area contributed by atoms with Crippen LogP contribution >= 0.6 is 0 Å². The van der Waals surface area contributed by atoms with E-state index in [4.69, 9.17) is 4.84 Å². The van der Waals surface area contributed by atoms with Gasteiger partial charge in [-0.15, -0.1) is 0 Å². The normalized spacial score (nSPS) is 11.4. The third kappa shape index (κ3) is 5.66. The zero-order valence-corrected chi connectivity index (χ0v) is 7.39. The van der Waals surface area contributed by atoms with E-state index in [0.29, 0.717) is 0 Å². The molecule has 0 heterocycles. The molecule has 0 rings (SSSR count). The van der Waals surface area contributed by atoms with Crippen LogP contribution in [0, 0.1) is 0 Å². The molecule has 0 saturated carbocycles. The Morgan fingerprint density at radius 2 is 2.18 bits per heavy atom. The van der Waals surface area contributed by atoms with Crippen LogP contribution in [-0.4, -0.2) is 20.1 Å². The molecule has 1 N–H and O–H groups in total. The van der Waals surface area contributed by atoms with Gasteiger partial charge in [0.25, 0.3) is 0 Å². The topological polar surface area (TPSA) is 42.8 Å². The van der Waals surface area contributed by atoms with Crippen LogP contribution < -0.4 is 5.48 Å². The van der Waals surface area contributed by atoms with Crippen LogP contribution in [-0.2, 0) is 9.68 Å². The summed E-state index contributed by atoms with van der Waals surface area (Å²) in [6.07, 6.45) is 3.07. The van der Waals surface area contributed by atoms with Crippen molar-refractivity contribution < 1.29 is 9.68 Å². The van der Waals surface area contributed by atoms with E-state index in [-0.39, 0.29) is 0 Å². The Balaban J connectivity index is 3.60. The van der Waals surface area contributed by atoms with Crippen molar-refractivity contribution in [2.45, 2.75) is 26.2 Å². The second kappa shape index (κ2) is 7.34. The lowest BCUT2D eigenvalue weighted by Crippen LogP contribution is -2.22. The molecule has 0 aromatic heterocycles. The quantitative estimate of drug-likeness (QED) is 0.374. The number of oxime groups is 1. The molecule has 66 valence electrons. The summed E-state index contributed by atoms with van der Waals surface area (Å²) in [6.45, 7) is 2.12. The number of amidine groups is 1. The molecular weight excluding hydrogens is 144 g/mol. The van der Waals surface area contributed by atoms with Crippen LogP contribution in [0.15, 0.2) is 5.16 Å². The second-order valence-corrected chi connectivity index (χ2v) is 2.13. The summed E-state index contributed by atoms with van der Waals surface area (Å²) >= 11 is 0. The van der Waals surface area contributed by atoms with E-state index in [1.807, 2.05) is 0 Å². The van der Waals surface area contributed by atoms with Gasteiger partial charge in [-0.05, 0) is 6.42 Å². The number of hydrogen-bond acceptors (Lipinski definition) is 3. The van der Waals surface area contributed by atoms with Gasteiger partial charge in [0.2, 0.25) is 0 Å². The van der Waals surface area contributed by atoms with E-state index in [2.05, 4.69) is 22.4 Å². The Kier molecular flexibility index (Phi) is 6.82. The van der Waals surface area contributed by atoms with E-state index >= 15 is 0 Å². The van der Waals surface area contributed by atoms with Gasteiger partial charge >= 0.3 is 0 Å². The Bertz CT molecular complexity index is 115. The summed E-state index contributed by atoms with van der Waals surface area (Å²) in [6, 6.07) is 0. The van der Waals surface area contributed by atoms with Crippen molar-refractivity contribution >= 4 is 5.84 Å². The van der Waals surface area contributed by atoms with E-state index in [1.165, 1.54) is 7.11 Å². The van der Waals surface area contributed by atoms with Gasteiger partial charge in [0.05, 0.1) is 7.11 Å². The highest BCUT2D eigenvalue weighted by Crippen LogP contribution is 1.95. The SMILES string of the molecule is CCCCC(=NOC)NOC. The summed E-state index contributed by atoms with van der Waals surface area (Å²) in [5.74, 6) is 0.733. The third-order valence-corrected chi connectivity index (χ3v) is 1.19. The maximum atomic E-state index is 4.69. The summed E-state index contributed by atoms with van der Waals surface area (Å²) < 4.78 is 0. The third-order valence-electron chi connectivity index (χ3n) is 1.19. The highest BCUT2D eigenvalue weighted by molar-refractivity contribution is 5.80. The fourth-order valence-corrected chi connectivity index (χ4v) is 0.688. The molecule has 0 radical (unpaired) electrons. The Hall–Kier alpha value is -0.770. The van der Waals surface area contributed by atoms with E-state index < -0.39 is 0 Å². The van der Waals surface area contributed by atoms with E-state index in [0.717, 1.165) is 25.1 Å². The molecule has 0 aliphatic rings. The van der Waals surface area contributed by atoms with Gasteiger partial charge in [-0.3, -0.25) is 10.3 Å². The highest BCUT2D eigenvalue weighted by atomic mass is 16.7. The summed E-state index contributed by atoms with van der Waals surface area (Å²) in [5.41, 5.74) is 2.64. The molecule has 0 saturated heterocycles. The first-order chi connectivity index (χ1) is 5.35. The number of nitrogens with zero attached hydrogens (tertiary/aromatic N) is 1. The van der Waals surface area contributed by atoms with Gasteiger partial charge in [-0.25, -0.2) is 0 Å². The minimum absolute atomic E-state index is 0.733. The van der Waals surface area contributed by atoms with Crippen LogP contribution in [0.2, 0.25) is 0 Å². The maximum absolute atomic E-state index is 4.69. The van der Waals surface area contributed by atoms with Crippen molar-refractivity contribution in [2.75, 3.05) is 14.2 Å². The zero-order valence-electron chi connectivity index (χ0n) is 7.39. The van der Waals surface area contributed by atoms with Gasteiger partial charge in [-0.2, -0.15) is 0 Å². The molecule has 0 aromatic carbocycles. The summed E-state index contributed by atoms with van der Waals surface area (Å²) in [7, 11) is 3.07. The van der Waals surface area contributed by atoms with Crippen LogP contribution in [0.5, 0.6) is 0 Å². The van der Waals surface area contributed by atoms with Gasteiger partial charge < -0.3 is 4.84 Å². The van der Waals surface area contributed by atoms with E-state index in [1.54, 1.807) is 7.11 Å². The number of rotatable bonds is 5. The average molecular weight is 160 g/mol. The van der Waals surface area contributed by atoms with Crippen LogP contribution in [0.3, 0.4) is 0 Å². The molecule has 0 amide bonds. The summed E-state index contributed by atoms with van der Waals surface area (Å²) in [4.78, 5) is 9.29. The first kappa shape index (κ1) is 10.2. The number of unbranched alkanes of at least 4 members (excludes halogenated alkanes) is 1. The average Bonchev–Trinajstić information content (AvgIpc) is 2.01. The van der Waals surface area contributed by atoms with Crippen LogP contribution in [0.25, 0.3) is 0 Å². The Morgan fingerprint density at radius 3 is 2.64 bits per heavy atom. The molecule has 0 aliphatic heterocycles. The first-order valence-electron chi connectivity index (χ1n) is 3.74. The number of hydroxylamine groups is 1. The molecular formula is C7H16N2O2. The zero-order chi connectivity index (χ0) is 8.53. The monoisotopic (exact) mass is 160 g/mol. The molecule has 4 heteroatoms. The van der Waals surface area contributed by atoms with Crippen molar-refractivity contribution in [3.63, 3.8) is 0 Å². The fraction of sp³-hybridized carbons (Fsp3) is 0.857. The predicted octanol–water partition coefficient (Wildman–Crippen LogP) is 1.29. The van der Waals surface area contributed by atoms with E-state index in [9.17, 15) is 0 Å². The smallest absolute Gasteiger partial charge is 0.165 e. The van der Waals surface area contributed by atoms with Gasteiger partial charge in [-0.1, -0.05) is 18.5 Å². The molecule has 4 nitrogen and oxygen atoms in total. The Morgan fingerprint density at radius 1 is 1.45 bits per heavy atom. The van der Waals surface area contributed by atoms with Crippen molar-refractivity contribution in [3.05, 3.63) is 0 Å². The first-order valence-corrected chi connectivity index (χ1v) is 3.74. The van der Waals surface area contributed by atoms with Crippen molar-refractivity contribution in [3.8, 4) is 0 Å². The fourth-order valence-electron chi connectivity index (χ4n) is 0.688. The van der Waals surface area contributed by atoms with Crippen molar-refractivity contribution in [2.24, 2.45) is 5.16 Å². The Labute approximate surface area is 67.5 Å². The molecule has 0 fully saturated rings. The van der Waals surface area contributed by atoms with Gasteiger partial charge in [0, 0.05) is 6.42 Å². The molecule has 0 bridgehead atoms. The maximum Gasteiger partial charge on any atom is 0.165 e. The van der Waals surface area contributed by atoms with Crippen LogP contribution in [0.1, 0.15) is 26.2 Å². The molecule has 0 atom stereocenters. The lowest BCUT2D eigenvalue weighted by Gasteiger charge is -2.04. The molecule has 0 aromatic rings. The largest absolute Gasteiger partial charge is 0.398 e. The molecule has 11 heavy (non-hydrogen) atoms. The number of nitrogens with one attached hydrogen (secondary N) is 1. The molecule has 0 spiro atoms. The standard InChI is InChI=1S/C7H16N2O2/c1-4-5-6-7(8-10-2)9-11-3/h4-6H2,1-3H3,(H,8,9). The van der Waals surface area contributed by atoms with Crippen molar-refractivity contribution in [1.82, 2.24) is 5.48 Å². The lowest BCUT2D eigenvalue weighted by atomic mass is 10.2. The minimum Gasteiger partial charge on any atom is -0.398 e. The second-order valence-electron chi connectivity index (χ2n) is 2.13. The van der Waals surface area contributed by atoms with Crippen molar-refractivity contribution in [1.29, 1.82) is 0 Å².